The lowest BCUT2D eigenvalue weighted by atomic mass is 9.71. The molecule has 2 amide bonds. The van der Waals surface area contributed by atoms with Crippen molar-refractivity contribution in [3.05, 3.63) is 35.9 Å². The van der Waals surface area contributed by atoms with Gasteiger partial charge in [-0.3, -0.25) is 14.4 Å². The van der Waals surface area contributed by atoms with Gasteiger partial charge < -0.3 is 15.4 Å². The van der Waals surface area contributed by atoms with Crippen LogP contribution < -0.4 is 10.6 Å². The Bertz CT molecular complexity index is 823. The molecular weight excluding hydrogens is 408 g/mol. The molecule has 1 saturated carbocycles. The molecule has 2 aliphatic rings. The molecule has 2 N–H and O–H groups in total. The standard InChI is InChI=1S/C25H34N2O5/c1-16(2)22(27-25(31)32-15-18-7-4-3-5-8-18)21(28)14-20-19-10-6-9-17(13-19)11-12-26-24(30)23(20)29/h3-5,7-8,16-17,19-20,22H,6,9-15H2,1-2H3,(H,26,30)(H,27,31). The van der Waals surface area contributed by atoms with E-state index in [1.807, 2.05) is 44.2 Å². The first-order chi connectivity index (χ1) is 15.3. The largest absolute Gasteiger partial charge is 0.445 e. The molecule has 7 nitrogen and oxygen atoms in total. The number of hydrogen-bond donors (Lipinski definition) is 2. The normalized spacial score (nSPS) is 24.5. The van der Waals surface area contributed by atoms with Crippen molar-refractivity contribution in [3.8, 4) is 0 Å². The summed E-state index contributed by atoms with van der Waals surface area (Å²) < 4.78 is 5.27. The maximum Gasteiger partial charge on any atom is 0.408 e. The number of fused-ring (bicyclic) bond motifs is 2. The van der Waals surface area contributed by atoms with Crippen LogP contribution in [0.3, 0.4) is 0 Å². The van der Waals surface area contributed by atoms with Gasteiger partial charge in [0.15, 0.2) is 5.78 Å². The second-order valence-electron chi connectivity index (χ2n) is 9.41. The third kappa shape index (κ3) is 6.40. The van der Waals surface area contributed by atoms with Crippen molar-refractivity contribution in [2.75, 3.05) is 6.54 Å². The van der Waals surface area contributed by atoms with E-state index in [-0.39, 0.29) is 30.6 Å². The Hall–Kier alpha value is -2.70. The van der Waals surface area contributed by atoms with Crippen molar-refractivity contribution in [2.45, 2.75) is 65.0 Å². The lowest BCUT2D eigenvalue weighted by Crippen LogP contribution is -2.47. The molecule has 3 rings (SSSR count). The Morgan fingerprint density at radius 2 is 1.88 bits per heavy atom. The minimum atomic E-state index is -0.777. The fourth-order valence-corrected chi connectivity index (χ4v) is 4.93. The summed E-state index contributed by atoms with van der Waals surface area (Å²) in [6.45, 7) is 4.30. The SMILES string of the molecule is CC(C)C(NC(=O)OCc1ccccc1)C(=O)CC1C(=O)C(=O)NCCC2CCCC1C2. The molecule has 7 heteroatoms. The number of carbonyl (C=O) groups excluding carboxylic acids is 4. The first-order valence-electron chi connectivity index (χ1n) is 11.7. The highest BCUT2D eigenvalue weighted by Gasteiger charge is 2.39. The lowest BCUT2D eigenvalue weighted by molar-refractivity contribution is -0.142. The molecule has 1 heterocycles. The van der Waals surface area contributed by atoms with Gasteiger partial charge in [-0.2, -0.15) is 0 Å². The van der Waals surface area contributed by atoms with Gasteiger partial charge in [0.05, 0.1) is 6.04 Å². The van der Waals surface area contributed by atoms with Crippen molar-refractivity contribution in [2.24, 2.45) is 23.7 Å². The first-order valence-corrected chi connectivity index (χ1v) is 11.7. The maximum atomic E-state index is 13.2. The number of amides is 2. The number of Topliss-reactive ketones (excluding diaryl/α,β-unsaturated/α-hetero) is 2. The summed E-state index contributed by atoms with van der Waals surface area (Å²) in [7, 11) is 0. The molecule has 0 aromatic heterocycles. The van der Waals surface area contributed by atoms with E-state index in [4.69, 9.17) is 4.74 Å². The summed E-state index contributed by atoms with van der Waals surface area (Å²) >= 11 is 0. The van der Waals surface area contributed by atoms with E-state index in [1.54, 1.807) is 0 Å². The Labute approximate surface area is 189 Å². The first kappa shape index (κ1) is 24.0. The maximum absolute atomic E-state index is 13.2. The van der Waals surface area contributed by atoms with E-state index in [0.717, 1.165) is 37.7 Å². The van der Waals surface area contributed by atoms with Crippen molar-refractivity contribution >= 4 is 23.6 Å². The molecule has 2 bridgehead atoms. The Balaban J connectivity index is 1.65. The fraction of sp³-hybridized carbons (Fsp3) is 0.600. The summed E-state index contributed by atoms with van der Waals surface area (Å²) in [6, 6.07) is 8.52. The van der Waals surface area contributed by atoms with Gasteiger partial charge in [-0.25, -0.2) is 4.79 Å². The molecule has 1 aliphatic heterocycles. The second kappa shape index (κ2) is 11.2. The van der Waals surface area contributed by atoms with Crippen molar-refractivity contribution in [1.82, 2.24) is 10.6 Å². The average Bonchev–Trinajstić information content (AvgIpc) is 2.82. The van der Waals surface area contributed by atoms with E-state index in [1.165, 1.54) is 0 Å². The van der Waals surface area contributed by atoms with Gasteiger partial charge in [0.2, 0.25) is 5.78 Å². The van der Waals surface area contributed by atoms with Gasteiger partial charge >= 0.3 is 6.09 Å². The van der Waals surface area contributed by atoms with Crippen LogP contribution in [0.2, 0.25) is 0 Å². The summed E-state index contributed by atoms with van der Waals surface area (Å²) in [4.78, 5) is 50.8. The quantitative estimate of drug-likeness (QED) is 0.630. The molecule has 1 aromatic rings. The zero-order valence-electron chi connectivity index (χ0n) is 19.0. The smallest absolute Gasteiger partial charge is 0.408 e. The lowest BCUT2D eigenvalue weighted by Gasteiger charge is -2.33. The number of carbonyl (C=O) groups is 4. The molecule has 1 saturated heterocycles. The third-order valence-electron chi connectivity index (χ3n) is 6.71. The van der Waals surface area contributed by atoms with E-state index < -0.39 is 29.7 Å². The van der Waals surface area contributed by atoms with E-state index in [0.29, 0.717) is 12.5 Å². The van der Waals surface area contributed by atoms with E-state index in [2.05, 4.69) is 10.6 Å². The average molecular weight is 443 g/mol. The van der Waals surface area contributed by atoms with Crippen molar-refractivity contribution in [3.63, 3.8) is 0 Å². The van der Waals surface area contributed by atoms with Crippen LogP contribution in [0.25, 0.3) is 0 Å². The highest BCUT2D eigenvalue weighted by Crippen LogP contribution is 2.38. The predicted octanol–water partition coefficient (Wildman–Crippen LogP) is 3.41. The van der Waals surface area contributed by atoms with Crippen LogP contribution in [0.5, 0.6) is 0 Å². The van der Waals surface area contributed by atoms with Crippen LogP contribution in [0, 0.1) is 23.7 Å². The molecule has 1 aromatic carbocycles. The molecule has 4 unspecified atom stereocenters. The number of alkyl carbamates (subject to hydrolysis) is 1. The number of rotatable bonds is 7. The number of ether oxygens (including phenoxy) is 1. The number of nitrogens with one attached hydrogen (secondary N) is 2. The second-order valence-corrected chi connectivity index (χ2v) is 9.41. The van der Waals surface area contributed by atoms with Crippen LogP contribution in [-0.4, -0.2) is 36.2 Å². The molecular formula is C25H34N2O5. The minimum absolute atomic E-state index is 0.0342. The van der Waals surface area contributed by atoms with Gasteiger partial charge in [-0.05, 0) is 42.6 Å². The number of ketones is 2. The zero-order chi connectivity index (χ0) is 23.1. The predicted molar refractivity (Wildman–Crippen MR) is 120 cm³/mol. The van der Waals surface area contributed by atoms with Gasteiger partial charge in [0, 0.05) is 18.9 Å². The van der Waals surface area contributed by atoms with Gasteiger partial charge in [0.25, 0.3) is 5.91 Å². The summed E-state index contributed by atoms with van der Waals surface area (Å²) in [6.07, 6.45) is 4.01. The summed E-state index contributed by atoms with van der Waals surface area (Å²) in [5, 5.41) is 5.39. The van der Waals surface area contributed by atoms with Crippen molar-refractivity contribution < 1.29 is 23.9 Å². The molecule has 1 aliphatic carbocycles. The topological polar surface area (TPSA) is 102 Å². The molecule has 32 heavy (non-hydrogen) atoms. The van der Waals surface area contributed by atoms with Gasteiger partial charge in [0.1, 0.15) is 6.61 Å². The molecule has 174 valence electrons. The highest BCUT2D eigenvalue weighted by molar-refractivity contribution is 6.37. The minimum Gasteiger partial charge on any atom is -0.445 e. The molecule has 4 atom stereocenters. The number of benzene rings is 1. The highest BCUT2D eigenvalue weighted by atomic mass is 16.5. The van der Waals surface area contributed by atoms with Crippen LogP contribution in [0.1, 0.15) is 57.9 Å². The summed E-state index contributed by atoms with van der Waals surface area (Å²) in [5.41, 5.74) is 0.851. The molecule has 0 spiro atoms. The van der Waals surface area contributed by atoms with Gasteiger partial charge in [-0.1, -0.05) is 57.0 Å². The Kier molecular flexibility index (Phi) is 8.42. The summed E-state index contributed by atoms with van der Waals surface area (Å²) in [5.74, 6) is -1.62. The van der Waals surface area contributed by atoms with E-state index in [9.17, 15) is 19.2 Å². The van der Waals surface area contributed by atoms with Crippen LogP contribution >= 0.6 is 0 Å². The Morgan fingerprint density at radius 3 is 2.59 bits per heavy atom. The zero-order valence-corrected chi connectivity index (χ0v) is 19.0. The monoisotopic (exact) mass is 442 g/mol. The van der Waals surface area contributed by atoms with Crippen LogP contribution in [0.15, 0.2) is 30.3 Å². The van der Waals surface area contributed by atoms with Crippen LogP contribution in [-0.2, 0) is 25.7 Å². The molecule has 0 radical (unpaired) electrons. The Morgan fingerprint density at radius 1 is 1.12 bits per heavy atom. The fourth-order valence-electron chi connectivity index (χ4n) is 4.93. The third-order valence-corrected chi connectivity index (χ3v) is 6.71. The molecule has 2 fully saturated rings. The van der Waals surface area contributed by atoms with E-state index >= 15 is 0 Å². The van der Waals surface area contributed by atoms with Crippen molar-refractivity contribution in [1.29, 1.82) is 0 Å². The van der Waals surface area contributed by atoms with Gasteiger partial charge in [-0.15, -0.1) is 0 Å². The number of hydrogen-bond acceptors (Lipinski definition) is 5. The van der Waals surface area contributed by atoms with Crippen LogP contribution in [0.4, 0.5) is 4.79 Å².